The molecule has 0 spiro atoms. The van der Waals surface area contributed by atoms with Crippen molar-refractivity contribution in [3.63, 3.8) is 0 Å². The number of carbonyl (C=O) groups is 2. The van der Waals surface area contributed by atoms with Gasteiger partial charge in [-0.05, 0) is 30.7 Å². The Morgan fingerprint density at radius 2 is 2.00 bits per heavy atom. The van der Waals surface area contributed by atoms with E-state index in [9.17, 15) is 9.59 Å². The predicted molar refractivity (Wildman–Crippen MR) is 75.6 cm³/mol. The van der Waals surface area contributed by atoms with Crippen LogP contribution >= 0.6 is 0 Å². The Labute approximate surface area is 118 Å². The van der Waals surface area contributed by atoms with E-state index >= 15 is 0 Å². The molecule has 2 unspecified atom stereocenters. The molecule has 2 heterocycles. The van der Waals surface area contributed by atoms with Crippen LogP contribution in [0.2, 0.25) is 0 Å². The Kier molecular flexibility index (Phi) is 3.01. The number of nitrogens with two attached hydrogens (primary N) is 1. The summed E-state index contributed by atoms with van der Waals surface area (Å²) in [6.07, 6.45) is 0. The van der Waals surface area contributed by atoms with E-state index in [1.165, 1.54) is 0 Å². The van der Waals surface area contributed by atoms with Crippen molar-refractivity contribution in [2.75, 3.05) is 33.7 Å². The fourth-order valence-electron chi connectivity index (χ4n) is 3.48. The fraction of sp³-hybridized carbons (Fsp3) is 0.467. The average Bonchev–Trinajstić information content (AvgIpc) is 2.73. The van der Waals surface area contributed by atoms with Gasteiger partial charge < -0.3 is 15.5 Å². The van der Waals surface area contributed by atoms with E-state index in [1.807, 2.05) is 13.1 Å². The molecule has 5 heteroatoms. The fourth-order valence-corrected chi connectivity index (χ4v) is 3.48. The molecule has 2 aliphatic heterocycles. The van der Waals surface area contributed by atoms with Crippen molar-refractivity contribution >= 4 is 11.8 Å². The number of nitrogens with zero attached hydrogens (tertiary/aromatic N) is 2. The molecule has 0 aliphatic carbocycles. The highest BCUT2D eigenvalue weighted by atomic mass is 16.2. The van der Waals surface area contributed by atoms with Crippen molar-refractivity contribution in [3.05, 3.63) is 34.9 Å². The molecular formula is C15H19N3O2. The number of likely N-dealkylation sites (tertiary alicyclic amines) is 1. The number of primary amides is 1. The van der Waals surface area contributed by atoms with Gasteiger partial charge in [-0.2, -0.15) is 0 Å². The van der Waals surface area contributed by atoms with Gasteiger partial charge >= 0.3 is 0 Å². The lowest BCUT2D eigenvalue weighted by Gasteiger charge is -2.19. The lowest BCUT2D eigenvalue weighted by molar-refractivity contribution is 0.0782. The van der Waals surface area contributed by atoms with Gasteiger partial charge in [-0.15, -0.1) is 0 Å². The lowest BCUT2D eigenvalue weighted by atomic mass is 9.86. The maximum absolute atomic E-state index is 12.5. The molecular weight excluding hydrogens is 254 g/mol. The van der Waals surface area contributed by atoms with Gasteiger partial charge in [-0.3, -0.25) is 9.59 Å². The summed E-state index contributed by atoms with van der Waals surface area (Å²) in [6.45, 7) is 2.71. The Balaban J connectivity index is 2.12. The number of benzene rings is 1. The first-order valence-corrected chi connectivity index (χ1v) is 6.85. The van der Waals surface area contributed by atoms with Crippen LogP contribution in [0.1, 0.15) is 32.2 Å². The molecule has 0 aromatic heterocycles. The maximum Gasteiger partial charge on any atom is 0.253 e. The van der Waals surface area contributed by atoms with E-state index < -0.39 is 5.91 Å². The first kappa shape index (κ1) is 13.1. The van der Waals surface area contributed by atoms with Crippen LogP contribution in [0.25, 0.3) is 0 Å². The topological polar surface area (TPSA) is 66.6 Å². The van der Waals surface area contributed by atoms with Crippen molar-refractivity contribution < 1.29 is 9.59 Å². The highest BCUT2D eigenvalue weighted by Gasteiger charge is 2.38. The summed E-state index contributed by atoms with van der Waals surface area (Å²) in [6, 6.07) is 5.29. The third kappa shape index (κ3) is 1.98. The second-order valence-electron chi connectivity index (χ2n) is 5.94. The summed E-state index contributed by atoms with van der Waals surface area (Å²) in [4.78, 5) is 27.9. The van der Waals surface area contributed by atoms with Gasteiger partial charge in [0.25, 0.3) is 5.91 Å². The number of hydrogen-bond donors (Lipinski definition) is 1. The molecule has 3 rings (SSSR count). The van der Waals surface area contributed by atoms with Gasteiger partial charge in [0.15, 0.2) is 0 Å². The predicted octanol–water partition coefficient (Wildman–Crippen LogP) is 0.516. The Morgan fingerprint density at radius 1 is 1.25 bits per heavy atom. The smallest absolute Gasteiger partial charge is 0.253 e. The van der Waals surface area contributed by atoms with Crippen LogP contribution in [0.3, 0.4) is 0 Å². The van der Waals surface area contributed by atoms with E-state index in [-0.39, 0.29) is 5.91 Å². The summed E-state index contributed by atoms with van der Waals surface area (Å²) in [5, 5.41) is 0. The SMILES string of the molecule is CN1CC2CN(C)C(=O)c3cc(C(N)=O)ccc3C2C1. The van der Waals surface area contributed by atoms with Crippen LogP contribution in [0.15, 0.2) is 18.2 Å². The van der Waals surface area contributed by atoms with Crippen LogP contribution in [0.4, 0.5) is 0 Å². The zero-order chi connectivity index (χ0) is 14.4. The van der Waals surface area contributed by atoms with Crippen LogP contribution < -0.4 is 5.73 Å². The van der Waals surface area contributed by atoms with Crippen LogP contribution in [-0.2, 0) is 0 Å². The Hall–Kier alpha value is -1.88. The molecule has 20 heavy (non-hydrogen) atoms. The number of hydrogen-bond acceptors (Lipinski definition) is 3. The van der Waals surface area contributed by atoms with E-state index in [0.717, 1.165) is 25.2 Å². The first-order valence-electron chi connectivity index (χ1n) is 6.85. The summed E-state index contributed by atoms with van der Waals surface area (Å²) in [5.41, 5.74) is 7.41. The van der Waals surface area contributed by atoms with Gasteiger partial charge in [0.2, 0.25) is 5.91 Å². The highest BCUT2D eigenvalue weighted by Crippen LogP contribution is 2.37. The number of fused-ring (bicyclic) bond motifs is 3. The second kappa shape index (κ2) is 4.59. The minimum Gasteiger partial charge on any atom is -0.366 e. The molecule has 1 aromatic rings. The molecule has 0 saturated carbocycles. The molecule has 1 aromatic carbocycles. The number of carbonyl (C=O) groups excluding carboxylic acids is 2. The van der Waals surface area contributed by atoms with Crippen molar-refractivity contribution in [1.29, 1.82) is 0 Å². The van der Waals surface area contributed by atoms with Gasteiger partial charge in [0.1, 0.15) is 0 Å². The number of likely N-dealkylation sites (N-methyl/N-ethyl adjacent to an activating group) is 1. The standard InChI is InChI=1S/C15H19N3O2/c1-17-6-10-7-18(2)15(20)12-5-9(14(16)19)3-4-11(12)13(10)8-17/h3-5,10,13H,6-8H2,1-2H3,(H2,16,19). The van der Waals surface area contributed by atoms with Crippen LogP contribution in [0, 0.1) is 5.92 Å². The molecule has 0 bridgehead atoms. The first-order chi connectivity index (χ1) is 9.47. The molecule has 1 fully saturated rings. The minimum atomic E-state index is -0.493. The zero-order valence-corrected chi connectivity index (χ0v) is 11.8. The van der Waals surface area contributed by atoms with Crippen molar-refractivity contribution in [2.24, 2.45) is 11.7 Å². The normalized spacial score (nSPS) is 26.1. The van der Waals surface area contributed by atoms with E-state index in [1.54, 1.807) is 17.0 Å². The molecule has 106 valence electrons. The van der Waals surface area contributed by atoms with Crippen LogP contribution in [-0.4, -0.2) is 55.3 Å². The summed E-state index contributed by atoms with van der Waals surface area (Å²) in [7, 11) is 3.93. The van der Waals surface area contributed by atoms with Gasteiger partial charge in [0, 0.05) is 43.7 Å². The quantitative estimate of drug-likeness (QED) is 0.811. The number of amides is 2. The lowest BCUT2D eigenvalue weighted by Crippen LogP contribution is -2.31. The zero-order valence-electron chi connectivity index (χ0n) is 11.8. The maximum atomic E-state index is 12.5. The van der Waals surface area contributed by atoms with Gasteiger partial charge in [-0.1, -0.05) is 6.07 Å². The highest BCUT2D eigenvalue weighted by molar-refractivity contribution is 6.00. The Morgan fingerprint density at radius 3 is 2.70 bits per heavy atom. The molecule has 2 aliphatic rings. The summed E-state index contributed by atoms with van der Waals surface area (Å²) < 4.78 is 0. The number of rotatable bonds is 1. The van der Waals surface area contributed by atoms with E-state index in [0.29, 0.717) is 23.0 Å². The van der Waals surface area contributed by atoms with Crippen molar-refractivity contribution in [1.82, 2.24) is 9.80 Å². The molecule has 1 saturated heterocycles. The minimum absolute atomic E-state index is 0.0137. The van der Waals surface area contributed by atoms with E-state index in [2.05, 4.69) is 11.9 Å². The molecule has 0 radical (unpaired) electrons. The molecule has 2 atom stereocenters. The van der Waals surface area contributed by atoms with Crippen LogP contribution in [0.5, 0.6) is 0 Å². The summed E-state index contributed by atoms with van der Waals surface area (Å²) in [5.74, 6) is 0.299. The van der Waals surface area contributed by atoms with Crippen molar-refractivity contribution in [2.45, 2.75) is 5.92 Å². The summed E-state index contributed by atoms with van der Waals surface area (Å²) >= 11 is 0. The monoisotopic (exact) mass is 273 g/mol. The molecule has 2 amide bonds. The van der Waals surface area contributed by atoms with Crippen molar-refractivity contribution in [3.8, 4) is 0 Å². The average molecular weight is 273 g/mol. The second-order valence-corrected chi connectivity index (χ2v) is 5.94. The molecule has 2 N–H and O–H groups in total. The van der Waals surface area contributed by atoms with Gasteiger partial charge in [-0.25, -0.2) is 0 Å². The van der Waals surface area contributed by atoms with E-state index in [4.69, 9.17) is 5.73 Å². The third-order valence-corrected chi connectivity index (χ3v) is 4.45. The largest absolute Gasteiger partial charge is 0.366 e. The van der Waals surface area contributed by atoms with Gasteiger partial charge in [0.05, 0.1) is 0 Å². The third-order valence-electron chi connectivity index (χ3n) is 4.45. The Bertz CT molecular complexity index is 584. The molecule has 5 nitrogen and oxygen atoms in total.